The molecular formula is C29H41N5O3S. The zero-order valence-electron chi connectivity index (χ0n) is 23.3. The van der Waals surface area contributed by atoms with Crippen LogP contribution in [0.2, 0.25) is 0 Å². The number of rotatable bonds is 3. The van der Waals surface area contributed by atoms with Crippen molar-refractivity contribution in [3.05, 3.63) is 46.1 Å². The Labute approximate surface area is 229 Å². The van der Waals surface area contributed by atoms with E-state index in [4.69, 9.17) is 20.2 Å². The van der Waals surface area contributed by atoms with Crippen molar-refractivity contribution in [2.45, 2.75) is 78.6 Å². The molecule has 38 heavy (non-hydrogen) atoms. The van der Waals surface area contributed by atoms with Crippen molar-refractivity contribution in [2.75, 3.05) is 36.9 Å². The number of nitrogen functional groups attached to an aromatic ring is 1. The molecule has 0 saturated carbocycles. The molecule has 0 aromatic carbocycles. The van der Waals surface area contributed by atoms with Crippen LogP contribution in [-0.2, 0) is 22.3 Å². The molecule has 2 fully saturated rings. The van der Waals surface area contributed by atoms with Crippen molar-refractivity contribution in [3.63, 3.8) is 0 Å². The summed E-state index contributed by atoms with van der Waals surface area (Å²) in [4.78, 5) is 26.1. The van der Waals surface area contributed by atoms with Crippen LogP contribution < -0.4 is 16.0 Å². The molecule has 1 amide bonds. The molecule has 3 aromatic heterocycles. The topological polar surface area (TPSA) is 103 Å². The molecule has 1 unspecified atom stereocenters. The van der Waals surface area contributed by atoms with Crippen molar-refractivity contribution in [1.29, 1.82) is 0 Å². The summed E-state index contributed by atoms with van der Waals surface area (Å²) in [5.41, 5.74) is 10.0. The molecule has 6 rings (SSSR count). The van der Waals surface area contributed by atoms with Crippen molar-refractivity contribution in [1.82, 2.24) is 15.3 Å². The standard InChI is InChI=1S/C24H27N5O3S.C3H8.C2H6/c1-14-2-5-17-20(25)21(33-23(17)26-14)22(30)27-16-4-6-18-15(12-16)3-7-19(28-18)29-9-8-24(13-29)31-10-11-32-24;1-3-2;1-2/h2-3,5,7,16H,4,6,8-13,25H2,1H3,(H,27,30);3H2,1-2H3;1-2H3. The fourth-order valence-corrected chi connectivity index (χ4v) is 6.13. The van der Waals surface area contributed by atoms with Crippen molar-refractivity contribution in [2.24, 2.45) is 0 Å². The van der Waals surface area contributed by atoms with Gasteiger partial charge in [0.25, 0.3) is 5.91 Å². The molecule has 1 spiro atoms. The largest absolute Gasteiger partial charge is 0.397 e. The van der Waals surface area contributed by atoms with Gasteiger partial charge in [0.05, 0.1) is 25.4 Å². The number of nitrogens with one attached hydrogen (secondary N) is 1. The van der Waals surface area contributed by atoms with Gasteiger partial charge in [-0.15, -0.1) is 11.3 Å². The van der Waals surface area contributed by atoms with Gasteiger partial charge in [-0.1, -0.05) is 40.2 Å². The Hall–Kier alpha value is -2.75. The number of anilines is 2. The molecule has 9 heteroatoms. The molecule has 3 aromatic rings. The lowest BCUT2D eigenvalue weighted by molar-refractivity contribution is -0.137. The fraction of sp³-hybridized carbons (Fsp3) is 0.552. The van der Waals surface area contributed by atoms with Gasteiger partial charge in [-0.25, -0.2) is 9.97 Å². The number of ether oxygens (including phenoxy) is 2. The van der Waals surface area contributed by atoms with E-state index in [-0.39, 0.29) is 11.9 Å². The van der Waals surface area contributed by atoms with Crippen LogP contribution in [0.1, 0.15) is 73.6 Å². The zero-order valence-corrected chi connectivity index (χ0v) is 24.1. The first-order valence-corrected chi connectivity index (χ1v) is 14.7. The van der Waals surface area contributed by atoms with E-state index in [9.17, 15) is 4.79 Å². The molecule has 2 saturated heterocycles. The van der Waals surface area contributed by atoms with Gasteiger partial charge < -0.3 is 25.4 Å². The van der Waals surface area contributed by atoms with Gasteiger partial charge in [0.1, 0.15) is 15.5 Å². The number of hydrogen-bond donors (Lipinski definition) is 2. The van der Waals surface area contributed by atoms with E-state index in [1.165, 1.54) is 23.3 Å². The van der Waals surface area contributed by atoms with Crippen LogP contribution in [0.25, 0.3) is 10.2 Å². The first-order valence-electron chi connectivity index (χ1n) is 13.9. The lowest BCUT2D eigenvalue weighted by Gasteiger charge is -2.27. The molecule has 3 aliphatic rings. The number of amides is 1. The predicted octanol–water partition coefficient (Wildman–Crippen LogP) is 5.26. The maximum atomic E-state index is 13.0. The molecule has 8 nitrogen and oxygen atoms in total. The smallest absolute Gasteiger partial charge is 0.263 e. The number of nitrogens with two attached hydrogens (primary N) is 1. The van der Waals surface area contributed by atoms with E-state index in [1.807, 2.05) is 32.9 Å². The summed E-state index contributed by atoms with van der Waals surface area (Å²) in [5, 5.41) is 4.03. The Morgan fingerprint density at radius 3 is 2.66 bits per heavy atom. The summed E-state index contributed by atoms with van der Waals surface area (Å²) in [6.45, 7) is 13.1. The van der Waals surface area contributed by atoms with Crippen LogP contribution in [0, 0.1) is 6.92 Å². The number of thiophene rings is 1. The number of hydrogen-bond acceptors (Lipinski definition) is 8. The van der Waals surface area contributed by atoms with Gasteiger partial charge in [-0.2, -0.15) is 0 Å². The number of aromatic nitrogens is 2. The highest BCUT2D eigenvalue weighted by atomic mass is 32.1. The summed E-state index contributed by atoms with van der Waals surface area (Å²) >= 11 is 1.36. The number of carbonyl (C=O) groups excluding carboxylic acids is 1. The van der Waals surface area contributed by atoms with Gasteiger partial charge in [-0.3, -0.25) is 4.79 Å². The zero-order chi connectivity index (χ0) is 27.3. The van der Waals surface area contributed by atoms with E-state index in [0.29, 0.717) is 23.8 Å². The summed E-state index contributed by atoms with van der Waals surface area (Å²) < 4.78 is 11.7. The maximum absolute atomic E-state index is 13.0. The Balaban J connectivity index is 0.000000630. The molecule has 2 aliphatic heterocycles. The predicted molar refractivity (Wildman–Crippen MR) is 155 cm³/mol. The van der Waals surface area contributed by atoms with Gasteiger partial charge in [0.15, 0.2) is 5.79 Å². The number of pyridine rings is 2. The van der Waals surface area contributed by atoms with E-state index in [2.05, 4.69) is 41.2 Å². The molecule has 0 bridgehead atoms. The lowest BCUT2D eigenvalue weighted by atomic mass is 9.91. The van der Waals surface area contributed by atoms with Crippen LogP contribution >= 0.6 is 11.3 Å². The molecule has 206 valence electrons. The quantitative estimate of drug-likeness (QED) is 0.468. The highest BCUT2D eigenvalue weighted by Gasteiger charge is 2.43. The first kappa shape index (κ1) is 28.3. The second kappa shape index (κ2) is 12.4. The Morgan fingerprint density at radius 1 is 1.18 bits per heavy atom. The Kier molecular flexibility index (Phi) is 9.23. The Morgan fingerprint density at radius 2 is 1.92 bits per heavy atom. The number of fused-ring (bicyclic) bond motifs is 2. The number of nitrogens with zero attached hydrogens (tertiary/aromatic N) is 3. The Bertz CT molecular complexity index is 1250. The van der Waals surface area contributed by atoms with Gasteiger partial charge in [-0.05, 0) is 49.9 Å². The minimum atomic E-state index is -0.449. The average molecular weight is 540 g/mol. The minimum Gasteiger partial charge on any atom is -0.397 e. The monoisotopic (exact) mass is 539 g/mol. The number of aryl methyl sites for hydroxylation is 2. The molecule has 1 atom stereocenters. The van der Waals surface area contributed by atoms with Crippen molar-refractivity contribution >= 4 is 39.0 Å². The van der Waals surface area contributed by atoms with Crippen LogP contribution in [0.15, 0.2) is 24.3 Å². The molecule has 0 radical (unpaired) electrons. The van der Waals surface area contributed by atoms with Crippen LogP contribution in [0.3, 0.4) is 0 Å². The first-order chi connectivity index (χ1) is 18.4. The van der Waals surface area contributed by atoms with Crippen molar-refractivity contribution in [3.8, 4) is 0 Å². The molecule has 5 heterocycles. The van der Waals surface area contributed by atoms with Gasteiger partial charge in [0, 0.05) is 35.8 Å². The third-order valence-corrected chi connectivity index (χ3v) is 7.97. The number of carbonyl (C=O) groups is 1. The van der Waals surface area contributed by atoms with Gasteiger partial charge >= 0.3 is 0 Å². The van der Waals surface area contributed by atoms with E-state index >= 15 is 0 Å². The minimum absolute atomic E-state index is 0.0623. The third kappa shape index (κ3) is 5.95. The normalized spacial score (nSPS) is 19.4. The van der Waals surface area contributed by atoms with Crippen LogP contribution in [0.4, 0.5) is 11.5 Å². The summed E-state index contributed by atoms with van der Waals surface area (Å²) in [7, 11) is 0. The lowest BCUT2D eigenvalue weighted by Crippen LogP contribution is -2.39. The second-order valence-corrected chi connectivity index (χ2v) is 10.8. The summed E-state index contributed by atoms with van der Waals surface area (Å²) in [5.74, 6) is 0.411. The molecular weight excluding hydrogens is 498 g/mol. The fourth-order valence-electron chi connectivity index (χ4n) is 5.09. The third-order valence-electron chi connectivity index (χ3n) is 6.86. The second-order valence-electron chi connectivity index (χ2n) is 9.82. The molecule has 3 N–H and O–H groups in total. The van der Waals surface area contributed by atoms with E-state index in [1.54, 1.807) is 0 Å². The van der Waals surface area contributed by atoms with Crippen LogP contribution in [0.5, 0.6) is 0 Å². The van der Waals surface area contributed by atoms with Crippen LogP contribution in [-0.4, -0.2) is 54.0 Å². The SMILES string of the molecule is CC.CCC.Cc1ccc2c(N)c(C(=O)NC3CCc4nc(N5CCC6(C5)OCCO6)ccc4C3)sc2n1. The summed E-state index contributed by atoms with van der Waals surface area (Å²) in [6, 6.07) is 8.15. The van der Waals surface area contributed by atoms with Gasteiger partial charge in [0.2, 0.25) is 0 Å². The average Bonchev–Trinajstić information content (AvgIpc) is 3.65. The van der Waals surface area contributed by atoms with E-state index in [0.717, 1.165) is 66.2 Å². The van der Waals surface area contributed by atoms with E-state index < -0.39 is 5.79 Å². The maximum Gasteiger partial charge on any atom is 0.263 e. The highest BCUT2D eigenvalue weighted by molar-refractivity contribution is 7.21. The van der Waals surface area contributed by atoms with Crippen molar-refractivity contribution < 1.29 is 14.3 Å². The highest BCUT2D eigenvalue weighted by Crippen LogP contribution is 2.35. The summed E-state index contributed by atoms with van der Waals surface area (Å²) in [6.07, 6.45) is 4.58. The molecule has 1 aliphatic carbocycles.